The summed E-state index contributed by atoms with van der Waals surface area (Å²) < 4.78 is 2.46. The molecule has 1 amide bonds. The minimum absolute atomic E-state index is 0.176. The van der Waals surface area contributed by atoms with Gasteiger partial charge in [-0.1, -0.05) is 6.92 Å². The first-order valence-electron chi connectivity index (χ1n) is 6.48. The number of benzene rings is 1. The smallest absolute Gasteiger partial charge is 0.273 e. The van der Waals surface area contributed by atoms with Crippen molar-refractivity contribution in [3.05, 3.63) is 40.1 Å². The minimum atomic E-state index is -0.176. The van der Waals surface area contributed by atoms with Crippen LogP contribution in [-0.2, 0) is 13.0 Å². The number of aryl methyl sites for hydroxylation is 2. The van der Waals surface area contributed by atoms with Crippen molar-refractivity contribution >= 4 is 33.2 Å². The molecule has 106 valence electrons. The Balaban J connectivity index is 2.25. The second-order valence-corrected chi connectivity index (χ2v) is 5.24. The van der Waals surface area contributed by atoms with Crippen molar-refractivity contribution in [2.45, 2.75) is 26.8 Å². The lowest BCUT2D eigenvalue weighted by molar-refractivity contribution is 0.101. The summed E-state index contributed by atoms with van der Waals surface area (Å²) >= 11 is 3.39. The van der Waals surface area contributed by atoms with E-state index in [1.54, 1.807) is 22.9 Å². The summed E-state index contributed by atoms with van der Waals surface area (Å²) in [5, 5.41) is 7.23. The van der Waals surface area contributed by atoms with E-state index in [1.165, 1.54) is 0 Å². The summed E-state index contributed by atoms with van der Waals surface area (Å²) in [6, 6.07) is 7.09. The maximum atomic E-state index is 12.3. The highest BCUT2D eigenvalue weighted by Gasteiger charge is 2.15. The van der Waals surface area contributed by atoms with E-state index in [0.717, 1.165) is 16.6 Å². The third kappa shape index (κ3) is 3.01. The Morgan fingerprint density at radius 1 is 1.40 bits per heavy atom. The third-order valence-corrected chi connectivity index (χ3v) is 3.62. The monoisotopic (exact) mass is 336 g/mol. The van der Waals surface area contributed by atoms with Gasteiger partial charge in [0, 0.05) is 16.7 Å². The Hall–Kier alpha value is -1.82. The molecule has 0 fully saturated rings. The minimum Gasteiger partial charge on any atom is -0.399 e. The fourth-order valence-corrected chi connectivity index (χ4v) is 2.38. The number of hydrogen-bond donors (Lipinski definition) is 2. The van der Waals surface area contributed by atoms with Crippen LogP contribution in [0.5, 0.6) is 0 Å². The van der Waals surface area contributed by atoms with E-state index < -0.39 is 0 Å². The number of rotatable bonds is 4. The number of nitrogen functional groups attached to an aromatic ring is 1. The number of halogens is 1. The van der Waals surface area contributed by atoms with Gasteiger partial charge in [-0.05, 0) is 53.5 Å². The Bertz CT molecular complexity index is 636. The van der Waals surface area contributed by atoms with Gasteiger partial charge in [0.2, 0.25) is 0 Å². The third-order valence-electron chi connectivity index (χ3n) is 2.97. The first-order valence-corrected chi connectivity index (χ1v) is 7.27. The summed E-state index contributed by atoms with van der Waals surface area (Å²) in [6.45, 7) is 4.63. The highest BCUT2D eigenvalue weighted by Crippen LogP contribution is 2.25. The van der Waals surface area contributed by atoms with Gasteiger partial charge in [-0.25, -0.2) is 0 Å². The summed E-state index contributed by atoms with van der Waals surface area (Å²) in [7, 11) is 0. The maximum Gasteiger partial charge on any atom is 0.273 e. The highest BCUT2D eigenvalue weighted by molar-refractivity contribution is 9.10. The van der Waals surface area contributed by atoms with Crippen LogP contribution in [0.15, 0.2) is 28.7 Å². The first-order chi connectivity index (χ1) is 9.55. The molecule has 0 unspecified atom stereocenters. The SMILES string of the molecule is CCc1cc(C(=O)Nc2ccc(N)cc2Br)n(CC)n1. The van der Waals surface area contributed by atoms with Crippen LogP contribution in [0.25, 0.3) is 0 Å². The quantitative estimate of drug-likeness (QED) is 0.842. The van der Waals surface area contributed by atoms with Crippen LogP contribution in [0.2, 0.25) is 0 Å². The molecule has 0 aliphatic rings. The largest absolute Gasteiger partial charge is 0.399 e. The molecule has 0 radical (unpaired) electrons. The summed E-state index contributed by atoms with van der Waals surface area (Å²) in [6.07, 6.45) is 0.804. The van der Waals surface area contributed by atoms with Crippen LogP contribution in [0, 0.1) is 0 Å². The van der Waals surface area contributed by atoms with Crippen molar-refractivity contribution in [1.82, 2.24) is 9.78 Å². The van der Waals surface area contributed by atoms with Gasteiger partial charge in [-0.3, -0.25) is 9.48 Å². The molecule has 0 saturated heterocycles. The van der Waals surface area contributed by atoms with Crippen LogP contribution in [0.3, 0.4) is 0 Å². The molecule has 1 aromatic carbocycles. The molecule has 0 saturated carbocycles. The molecule has 2 aromatic rings. The number of nitrogens with two attached hydrogens (primary N) is 1. The second-order valence-electron chi connectivity index (χ2n) is 4.38. The topological polar surface area (TPSA) is 72.9 Å². The fraction of sp³-hybridized carbons (Fsp3) is 0.286. The molecule has 1 heterocycles. The molecule has 5 nitrogen and oxygen atoms in total. The van der Waals surface area contributed by atoms with Crippen molar-refractivity contribution in [2.75, 3.05) is 11.1 Å². The van der Waals surface area contributed by atoms with Gasteiger partial charge in [0.25, 0.3) is 5.91 Å². The molecule has 3 N–H and O–H groups in total. The van der Waals surface area contributed by atoms with Crippen LogP contribution < -0.4 is 11.1 Å². The Morgan fingerprint density at radius 3 is 2.75 bits per heavy atom. The number of carbonyl (C=O) groups excluding carboxylic acids is 1. The average Bonchev–Trinajstić information content (AvgIpc) is 2.85. The molecule has 2 rings (SSSR count). The molecule has 6 heteroatoms. The summed E-state index contributed by atoms with van der Waals surface area (Å²) in [4.78, 5) is 12.3. The predicted octanol–water partition coefficient (Wildman–Crippen LogP) is 3.06. The lowest BCUT2D eigenvalue weighted by Gasteiger charge is -2.08. The average molecular weight is 337 g/mol. The van der Waals surface area contributed by atoms with Gasteiger partial charge >= 0.3 is 0 Å². The molecule has 0 aliphatic carbocycles. The number of aromatic nitrogens is 2. The second kappa shape index (κ2) is 6.09. The van der Waals surface area contributed by atoms with E-state index in [-0.39, 0.29) is 5.91 Å². The maximum absolute atomic E-state index is 12.3. The predicted molar refractivity (Wildman–Crippen MR) is 83.8 cm³/mol. The summed E-state index contributed by atoms with van der Waals surface area (Å²) in [5.74, 6) is -0.176. The molecular formula is C14H17BrN4O. The van der Waals surface area contributed by atoms with Crippen molar-refractivity contribution in [3.63, 3.8) is 0 Å². The Morgan fingerprint density at radius 2 is 2.15 bits per heavy atom. The van der Waals surface area contributed by atoms with E-state index in [4.69, 9.17) is 5.73 Å². The van der Waals surface area contributed by atoms with Crippen LogP contribution in [0.1, 0.15) is 30.0 Å². The van der Waals surface area contributed by atoms with Gasteiger partial charge in [0.1, 0.15) is 5.69 Å². The van der Waals surface area contributed by atoms with Crippen LogP contribution >= 0.6 is 15.9 Å². The lowest BCUT2D eigenvalue weighted by atomic mass is 10.2. The number of nitrogens with zero attached hydrogens (tertiary/aromatic N) is 2. The van der Waals surface area contributed by atoms with Gasteiger partial charge in [0.05, 0.1) is 11.4 Å². The van der Waals surface area contributed by atoms with Crippen LogP contribution in [0.4, 0.5) is 11.4 Å². The van der Waals surface area contributed by atoms with E-state index in [0.29, 0.717) is 23.6 Å². The zero-order chi connectivity index (χ0) is 14.7. The fourth-order valence-electron chi connectivity index (χ4n) is 1.89. The van der Waals surface area contributed by atoms with E-state index in [1.807, 2.05) is 19.9 Å². The van der Waals surface area contributed by atoms with E-state index in [9.17, 15) is 4.79 Å². The van der Waals surface area contributed by atoms with Crippen LogP contribution in [-0.4, -0.2) is 15.7 Å². The van der Waals surface area contributed by atoms with Gasteiger partial charge in [-0.2, -0.15) is 5.10 Å². The standard InChI is InChI=1S/C14H17BrN4O/c1-3-10-8-13(19(4-2)18-10)14(20)17-12-6-5-9(16)7-11(12)15/h5-8H,3-4,16H2,1-2H3,(H,17,20). The molecule has 1 aromatic heterocycles. The first kappa shape index (κ1) is 14.6. The van der Waals surface area contributed by atoms with E-state index >= 15 is 0 Å². The number of nitrogens with one attached hydrogen (secondary N) is 1. The Kier molecular flexibility index (Phi) is 4.44. The van der Waals surface area contributed by atoms with Crippen molar-refractivity contribution < 1.29 is 4.79 Å². The molecule has 20 heavy (non-hydrogen) atoms. The Labute approximate surface area is 126 Å². The zero-order valence-electron chi connectivity index (χ0n) is 11.5. The number of hydrogen-bond acceptors (Lipinski definition) is 3. The summed E-state index contributed by atoms with van der Waals surface area (Å²) in [5.41, 5.74) is 8.48. The van der Waals surface area contributed by atoms with E-state index in [2.05, 4.69) is 26.3 Å². The molecule has 0 bridgehead atoms. The molecule has 0 aliphatic heterocycles. The number of amides is 1. The van der Waals surface area contributed by atoms with Gasteiger partial charge in [-0.15, -0.1) is 0 Å². The highest BCUT2D eigenvalue weighted by atomic mass is 79.9. The number of carbonyl (C=O) groups is 1. The number of anilines is 2. The zero-order valence-corrected chi connectivity index (χ0v) is 13.1. The van der Waals surface area contributed by atoms with Crippen molar-refractivity contribution in [3.8, 4) is 0 Å². The lowest BCUT2D eigenvalue weighted by Crippen LogP contribution is -2.17. The van der Waals surface area contributed by atoms with Crippen molar-refractivity contribution in [1.29, 1.82) is 0 Å². The normalized spacial score (nSPS) is 10.6. The molecular weight excluding hydrogens is 320 g/mol. The molecule has 0 spiro atoms. The molecule has 0 atom stereocenters. The van der Waals surface area contributed by atoms with Gasteiger partial charge in [0.15, 0.2) is 0 Å². The van der Waals surface area contributed by atoms with Crippen molar-refractivity contribution in [2.24, 2.45) is 0 Å². The van der Waals surface area contributed by atoms with Gasteiger partial charge < -0.3 is 11.1 Å².